The van der Waals surface area contributed by atoms with Gasteiger partial charge in [-0.1, -0.05) is 42.5 Å². The Kier molecular flexibility index (Phi) is 7.37. The summed E-state index contributed by atoms with van der Waals surface area (Å²) in [4.78, 5) is 42.8. The van der Waals surface area contributed by atoms with Crippen LogP contribution >= 0.6 is 0 Å². The molecule has 1 unspecified atom stereocenters. The Balaban J connectivity index is 1.51. The summed E-state index contributed by atoms with van der Waals surface area (Å²) in [6.07, 6.45) is 3.16. The lowest BCUT2D eigenvalue weighted by Crippen LogP contribution is -2.29. The first-order valence-electron chi connectivity index (χ1n) is 12.5. The fourth-order valence-electron chi connectivity index (χ4n) is 4.68. The zero-order valence-electron chi connectivity index (χ0n) is 21.6. The number of amides is 1. The number of nitro benzene ring substituents is 1. The van der Waals surface area contributed by atoms with E-state index in [2.05, 4.69) is 4.98 Å². The maximum absolute atomic E-state index is 13.3. The number of carbonyl (C=O) groups excluding carboxylic acids is 2. The molecule has 1 saturated heterocycles. The number of ketones is 1. The summed E-state index contributed by atoms with van der Waals surface area (Å²) in [5.41, 5.74) is 3.10. The van der Waals surface area contributed by atoms with Crippen LogP contribution < -0.4 is 4.74 Å². The Labute approximate surface area is 230 Å². The van der Waals surface area contributed by atoms with Gasteiger partial charge in [0, 0.05) is 36.6 Å². The number of aryl methyl sites for hydroxylation is 1. The van der Waals surface area contributed by atoms with Gasteiger partial charge in [0.25, 0.3) is 17.4 Å². The van der Waals surface area contributed by atoms with Gasteiger partial charge < -0.3 is 14.7 Å². The van der Waals surface area contributed by atoms with Crippen LogP contribution in [0.25, 0.3) is 5.76 Å². The van der Waals surface area contributed by atoms with E-state index >= 15 is 0 Å². The number of non-ortho nitro benzene ring substituents is 1. The van der Waals surface area contributed by atoms with Gasteiger partial charge in [0.15, 0.2) is 0 Å². The molecule has 4 aromatic rings. The standard InChI is InChI=1S/C31H25N3O6/c1-20-6-2-3-8-24(20)19-40-26-13-11-22(12-14-26)29(35)27-28(23-9-4-10-25(16-23)34(38)39)33(31(37)30(27)36)18-21-7-5-15-32-17-21/h2-17,28,35H,18-19H2,1H3. The van der Waals surface area contributed by atoms with E-state index in [-0.39, 0.29) is 23.6 Å². The number of aliphatic hydroxyl groups excluding tert-OH is 1. The zero-order chi connectivity index (χ0) is 28.2. The van der Waals surface area contributed by atoms with Crippen molar-refractivity contribution >= 4 is 23.1 Å². The van der Waals surface area contributed by atoms with Gasteiger partial charge in [-0.3, -0.25) is 24.7 Å². The number of rotatable bonds is 8. The minimum atomic E-state index is -1.04. The van der Waals surface area contributed by atoms with Crippen LogP contribution in [0.4, 0.5) is 5.69 Å². The van der Waals surface area contributed by atoms with E-state index < -0.39 is 22.7 Å². The second-order valence-corrected chi connectivity index (χ2v) is 9.38. The Bertz CT molecular complexity index is 1620. The van der Waals surface area contributed by atoms with Gasteiger partial charge in [0.2, 0.25) is 0 Å². The van der Waals surface area contributed by atoms with Crippen molar-refractivity contribution in [2.75, 3.05) is 0 Å². The number of nitrogens with zero attached hydrogens (tertiary/aromatic N) is 3. The first kappa shape index (κ1) is 26.3. The molecule has 40 heavy (non-hydrogen) atoms. The first-order chi connectivity index (χ1) is 19.3. The lowest BCUT2D eigenvalue weighted by molar-refractivity contribution is -0.384. The highest BCUT2D eigenvalue weighted by atomic mass is 16.6. The lowest BCUT2D eigenvalue weighted by atomic mass is 9.95. The summed E-state index contributed by atoms with van der Waals surface area (Å²) in [6, 6.07) is 22.5. The summed E-state index contributed by atoms with van der Waals surface area (Å²) in [6.45, 7) is 2.39. The molecule has 1 aliphatic heterocycles. The van der Waals surface area contributed by atoms with Crippen molar-refractivity contribution in [3.8, 4) is 5.75 Å². The fourth-order valence-corrected chi connectivity index (χ4v) is 4.68. The third kappa shape index (κ3) is 5.30. The number of pyridine rings is 1. The van der Waals surface area contributed by atoms with Gasteiger partial charge in [0.1, 0.15) is 18.1 Å². The van der Waals surface area contributed by atoms with Crippen LogP contribution in [-0.2, 0) is 22.7 Å². The molecule has 1 aromatic heterocycles. The summed E-state index contributed by atoms with van der Waals surface area (Å²) in [7, 11) is 0. The Morgan fingerprint density at radius 1 is 1.02 bits per heavy atom. The van der Waals surface area contributed by atoms with Gasteiger partial charge >= 0.3 is 0 Å². The van der Waals surface area contributed by atoms with Crippen molar-refractivity contribution < 1.29 is 24.4 Å². The summed E-state index contributed by atoms with van der Waals surface area (Å²) in [5.74, 6) is -1.51. The van der Waals surface area contributed by atoms with E-state index in [0.29, 0.717) is 29.0 Å². The minimum Gasteiger partial charge on any atom is -0.507 e. The van der Waals surface area contributed by atoms with Crippen LogP contribution in [-0.4, -0.2) is 31.6 Å². The lowest BCUT2D eigenvalue weighted by Gasteiger charge is -2.25. The van der Waals surface area contributed by atoms with Crippen LogP contribution in [0.1, 0.15) is 33.9 Å². The number of ether oxygens (including phenoxy) is 1. The van der Waals surface area contributed by atoms with E-state index in [1.807, 2.05) is 31.2 Å². The summed E-state index contributed by atoms with van der Waals surface area (Å²) >= 11 is 0. The van der Waals surface area contributed by atoms with Gasteiger partial charge in [-0.15, -0.1) is 0 Å². The van der Waals surface area contributed by atoms with Crippen molar-refractivity contribution in [3.63, 3.8) is 0 Å². The van der Waals surface area contributed by atoms with E-state index in [0.717, 1.165) is 11.1 Å². The molecule has 0 bridgehead atoms. The quantitative estimate of drug-likeness (QED) is 0.104. The maximum atomic E-state index is 13.3. The van der Waals surface area contributed by atoms with Crippen LogP contribution in [0, 0.1) is 17.0 Å². The number of nitro groups is 1. The molecule has 0 radical (unpaired) electrons. The molecule has 0 aliphatic carbocycles. The molecule has 200 valence electrons. The van der Waals surface area contributed by atoms with Crippen LogP contribution in [0.5, 0.6) is 5.75 Å². The average Bonchev–Trinajstić information content (AvgIpc) is 3.22. The molecule has 1 amide bonds. The number of carbonyl (C=O) groups is 2. The normalized spacial score (nSPS) is 16.2. The second kappa shape index (κ2) is 11.2. The first-order valence-corrected chi connectivity index (χ1v) is 12.5. The number of aliphatic hydroxyl groups is 1. The van der Waals surface area contributed by atoms with E-state index in [9.17, 15) is 24.8 Å². The average molecular weight is 536 g/mol. The zero-order valence-corrected chi connectivity index (χ0v) is 21.6. The number of benzene rings is 3. The van der Waals surface area contributed by atoms with Crippen molar-refractivity contribution in [2.45, 2.75) is 26.1 Å². The molecule has 0 saturated carbocycles. The number of aromatic nitrogens is 1. The summed E-state index contributed by atoms with van der Waals surface area (Å²) in [5, 5.41) is 22.8. The Hall–Kier alpha value is -5.31. The third-order valence-electron chi connectivity index (χ3n) is 6.80. The number of hydrogen-bond donors (Lipinski definition) is 1. The minimum absolute atomic E-state index is 0.0221. The molecule has 1 N–H and O–H groups in total. The number of likely N-dealkylation sites (tertiary alicyclic amines) is 1. The Morgan fingerprint density at radius 3 is 2.50 bits per heavy atom. The molecular weight excluding hydrogens is 510 g/mol. The summed E-state index contributed by atoms with van der Waals surface area (Å²) < 4.78 is 5.88. The topological polar surface area (TPSA) is 123 Å². The van der Waals surface area contributed by atoms with E-state index in [1.165, 1.54) is 23.1 Å². The van der Waals surface area contributed by atoms with Gasteiger partial charge in [0.05, 0.1) is 16.5 Å². The molecule has 1 aliphatic rings. The molecule has 5 rings (SSSR count). The van der Waals surface area contributed by atoms with Gasteiger partial charge in [-0.2, -0.15) is 0 Å². The Morgan fingerprint density at radius 2 is 1.80 bits per heavy atom. The van der Waals surface area contributed by atoms with Crippen LogP contribution in [0.15, 0.2) is 103 Å². The molecule has 9 heteroatoms. The van der Waals surface area contributed by atoms with Crippen molar-refractivity contribution in [3.05, 3.63) is 141 Å². The predicted molar refractivity (Wildman–Crippen MR) is 147 cm³/mol. The molecule has 2 heterocycles. The van der Waals surface area contributed by atoms with Gasteiger partial charge in [-0.25, -0.2) is 0 Å². The SMILES string of the molecule is Cc1ccccc1COc1ccc(C(O)=C2C(=O)C(=O)N(Cc3cccnc3)C2c2cccc([N+](=O)[O-])c2)cc1. The highest BCUT2D eigenvalue weighted by Gasteiger charge is 2.46. The highest BCUT2D eigenvalue weighted by Crippen LogP contribution is 2.41. The van der Waals surface area contributed by atoms with Crippen molar-refractivity contribution in [1.29, 1.82) is 0 Å². The number of Topliss-reactive ketones (excluding diaryl/α,β-unsaturated/α-hetero) is 1. The third-order valence-corrected chi connectivity index (χ3v) is 6.80. The van der Waals surface area contributed by atoms with Gasteiger partial charge in [-0.05, 0) is 59.5 Å². The smallest absolute Gasteiger partial charge is 0.295 e. The van der Waals surface area contributed by atoms with E-state index in [1.54, 1.807) is 54.9 Å². The second-order valence-electron chi connectivity index (χ2n) is 9.38. The maximum Gasteiger partial charge on any atom is 0.295 e. The molecule has 1 fully saturated rings. The highest BCUT2D eigenvalue weighted by molar-refractivity contribution is 6.46. The molecule has 9 nitrogen and oxygen atoms in total. The predicted octanol–water partition coefficient (Wildman–Crippen LogP) is 5.50. The largest absolute Gasteiger partial charge is 0.507 e. The van der Waals surface area contributed by atoms with Crippen LogP contribution in [0.2, 0.25) is 0 Å². The van der Waals surface area contributed by atoms with Crippen molar-refractivity contribution in [1.82, 2.24) is 9.88 Å². The molecule has 3 aromatic carbocycles. The molecule has 1 atom stereocenters. The van der Waals surface area contributed by atoms with E-state index in [4.69, 9.17) is 4.74 Å². The fraction of sp³-hybridized carbons (Fsp3) is 0.129. The number of hydrogen-bond acceptors (Lipinski definition) is 7. The monoisotopic (exact) mass is 535 g/mol. The molecular formula is C31H25N3O6. The van der Waals surface area contributed by atoms with Crippen LogP contribution in [0.3, 0.4) is 0 Å². The van der Waals surface area contributed by atoms with Crippen molar-refractivity contribution in [2.24, 2.45) is 0 Å². The molecule has 0 spiro atoms.